The lowest BCUT2D eigenvalue weighted by Gasteiger charge is -2.08. The Kier molecular flexibility index (Phi) is 6.61. The minimum absolute atomic E-state index is 0.0776. The molecule has 1 amide bonds. The fourth-order valence-electron chi connectivity index (χ4n) is 2.82. The average molecular weight is 396 g/mol. The van der Waals surface area contributed by atoms with E-state index in [-0.39, 0.29) is 11.5 Å². The molecule has 0 fully saturated rings. The van der Waals surface area contributed by atoms with Crippen LogP contribution in [0.3, 0.4) is 0 Å². The first-order valence-corrected chi connectivity index (χ1v) is 9.66. The van der Waals surface area contributed by atoms with E-state index < -0.39 is 0 Å². The molecule has 2 aromatic carbocycles. The zero-order valence-corrected chi connectivity index (χ0v) is 16.4. The van der Waals surface area contributed by atoms with E-state index in [4.69, 9.17) is 11.6 Å². The Morgan fingerprint density at radius 2 is 1.75 bits per heavy atom. The number of carbonyl (C=O) groups is 1. The summed E-state index contributed by atoms with van der Waals surface area (Å²) in [6.45, 7) is 2.47. The Labute approximate surface area is 169 Å². The van der Waals surface area contributed by atoms with Gasteiger partial charge in [-0.25, -0.2) is 4.68 Å². The summed E-state index contributed by atoms with van der Waals surface area (Å²) in [5.74, 6) is -0.0776. The van der Waals surface area contributed by atoms with Crippen LogP contribution in [0.25, 0.3) is 11.3 Å². The number of nitrogens with zero attached hydrogens (tertiary/aromatic N) is 2. The number of hydrogen-bond acceptors (Lipinski definition) is 3. The Hall–Kier alpha value is -2.92. The van der Waals surface area contributed by atoms with Crippen molar-refractivity contribution in [2.45, 2.75) is 32.7 Å². The Bertz CT molecular complexity index is 996. The van der Waals surface area contributed by atoms with Gasteiger partial charge in [0.25, 0.3) is 5.56 Å². The van der Waals surface area contributed by atoms with Crippen LogP contribution in [-0.4, -0.2) is 15.7 Å². The van der Waals surface area contributed by atoms with Crippen LogP contribution in [0.4, 0.5) is 5.69 Å². The van der Waals surface area contributed by atoms with Crippen molar-refractivity contribution >= 4 is 23.2 Å². The van der Waals surface area contributed by atoms with Gasteiger partial charge in [0.05, 0.1) is 5.69 Å². The van der Waals surface area contributed by atoms with E-state index in [0.717, 1.165) is 17.7 Å². The standard InChI is InChI=1S/C22H22ClN3O2/c1-2-16-5-11-19(12-6-16)24-21(27)4-3-15-26-22(28)14-13-20(25-26)17-7-9-18(23)10-8-17/h5-14H,2-4,15H2,1H3,(H,24,27). The van der Waals surface area contributed by atoms with E-state index in [1.54, 1.807) is 18.2 Å². The first-order chi connectivity index (χ1) is 13.5. The molecule has 5 nitrogen and oxygen atoms in total. The van der Waals surface area contributed by atoms with Gasteiger partial charge >= 0.3 is 0 Å². The number of aromatic nitrogens is 2. The summed E-state index contributed by atoms with van der Waals surface area (Å²) in [6.07, 6.45) is 1.80. The number of benzene rings is 2. The fourth-order valence-corrected chi connectivity index (χ4v) is 2.95. The average Bonchev–Trinajstić information content (AvgIpc) is 2.70. The zero-order valence-electron chi connectivity index (χ0n) is 15.7. The largest absolute Gasteiger partial charge is 0.326 e. The molecule has 0 radical (unpaired) electrons. The van der Waals surface area contributed by atoms with Gasteiger partial charge in [0.1, 0.15) is 0 Å². The van der Waals surface area contributed by atoms with Gasteiger partial charge in [0.15, 0.2) is 0 Å². The Morgan fingerprint density at radius 1 is 1.04 bits per heavy atom. The molecule has 1 aromatic heterocycles. The second kappa shape index (κ2) is 9.33. The number of rotatable bonds is 7. The normalized spacial score (nSPS) is 10.6. The number of aryl methyl sites for hydroxylation is 2. The van der Waals surface area contributed by atoms with Crippen LogP contribution in [0.1, 0.15) is 25.3 Å². The van der Waals surface area contributed by atoms with Crippen molar-refractivity contribution in [3.05, 3.63) is 81.6 Å². The van der Waals surface area contributed by atoms with E-state index in [1.807, 2.05) is 36.4 Å². The van der Waals surface area contributed by atoms with Gasteiger partial charge in [0.2, 0.25) is 5.91 Å². The maximum absolute atomic E-state index is 12.1. The van der Waals surface area contributed by atoms with E-state index in [9.17, 15) is 9.59 Å². The molecule has 0 saturated heterocycles. The monoisotopic (exact) mass is 395 g/mol. The predicted molar refractivity (Wildman–Crippen MR) is 113 cm³/mol. The first kappa shape index (κ1) is 19.8. The molecule has 0 aliphatic heterocycles. The molecule has 28 heavy (non-hydrogen) atoms. The molecular weight excluding hydrogens is 374 g/mol. The summed E-state index contributed by atoms with van der Waals surface area (Å²) in [4.78, 5) is 24.2. The molecule has 6 heteroatoms. The minimum Gasteiger partial charge on any atom is -0.326 e. The van der Waals surface area contributed by atoms with E-state index in [0.29, 0.717) is 30.1 Å². The smallest absolute Gasteiger partial charge is 0.266 e. The van der Waals surface area contributed by atoms with E-state index in [2.05, 4.69) is 17.3 Å². The third-order valence-electron chi connectivity index (χ3n) is 4.43. The molecule has 0 aliphatic rings. The molecule has 1 N–H and O–H groups in total. The number of amides is 1. The van der Waals surface area contributed by atoms with Crippen molar-refractivity contribution in [2.24, 2.45) is 0 Å². The molecule has 0 spiro atoms. The highest BCUT2D eigenvalue weighted by atomic mass is 35.5. The number of carbonyl (C=O) groups excluding carboxylic acids is 1. The summed E-state index contributed by atoms with van der Waals surface area (Å²) in [5.41, 5.74) is 3.39. The molecule has 1 heterocycles. The Balaban J connectivity index is 1.57. The lowest BCUT2D eigenvalue weighted by molar-refractivity contribution is -0.116. The molecule has 3 aromatic rings. The number of anilines is 1. The van der Waals surface area contributed by atoms with Crippen molar-refractivity contribution in [1.29, 1.82) is 0 Å². The van der Waals surface area contributed by atoms with Gasteiger partial charge in [0, 0.05) is 35.3 Å². The van der Waals surface area contributed by atoms with Gasteiger partial charge < -0.3 is 5.32 Å². The van der Waals surface area contributed by atoms with Crippen molar-refractivity contribution < 1.29 is 4.79 Å². The summed E-state index contributed by atoms with van der Waals surface area (Å²) >= 11 is 5.91. The molecule has 0 aliphatic carbocycles. The van der Waals surface area contributed by atoms with Crippen LogP contribution in [0.2, 0.25) is 5.02 Å². The second-order valence-corrected chi connectivity index (χ2v) is 6.93. The number of hydrogen-bond donors (Lipinski definition) is 1. The maximum atomic E-state index is 12.1. The second-order valence-electron chi connectivity index (χ2n) is 6.49. The highest BCUT2D eigenvalue weighted by Gasteiger charge is 2.06. The van der Waals surface area contributed by atoms with Crippen LogP contribution in [0, 0.1) is 0 Å². The highest BCUT2D eigenvalue weighted by Crippen LogP contribution is 2.18. The predicted octanol–water partition coefficient (Wildman–Crippen LogP) is 4.55. The lowest BCUT2D eigenvalue weighted by atomic mass is 10.1. The minimum atomic E-state index is -0.187. The quantitative estimate of drug-likeness (QED) is 0.638. The van der Waals surface area contributed by atoms with Crippen molar-refractivity contribution in [3.63, 3.8) is 0 Å². The summed E-state index contributed by atoms with van der Waals surface area (Å²) < 4.78 is 1.40. The molecule has 0 saturated carbocycles. The highest BCUT2D eigenvalue weighted by molar-refractivity contribution is 6.30. The zero-order chi connectivity index (χ0) is 19.9. The first-order valence-electron chi connectivity index (χ1n) is 9.28. The summed E-state index contributed by atoms with van der Waals surface area (Å²) in [5, 5.41) is 7.92. The van der Waals surface area contributed by atoms with Gasteiger partial charge in [-0.1, -0.05) is 42.8 Å². The lowest BCUT2D eigenvalue weighted by Crippen LogP contribution is -2.23. The van der Waals surface area contributed by atoms with Crippen molar-refractivity contribution in [2.75, 3.05) is 5.32 Å². The van der Waals surface area contributed by atoms with E-state index in [1.165, 1.54) is 16.3 Å². The van der Waals surface area contributed by atoms with Crippen LogP contribution < -0.4 is 10.9 Å². The maximum Gasteiger partial charge on any atom is 0.266 e. The SMILES string of the molecule is CCc1ccc(NC(=O)CCCn2nc(-c3ccc(Cl)cc3)ccc2=O)cc1. The summed E-state index contributed by atoms with van der Waals surface area (Å²) in [7, 11) is 0. The molecule has 144 valence electrons. The topological polar surface area (TPSA) is 64.0 Å². The van der Waals surface area contributed by atoms with Crippen molar-refractivity contribution in [3.8, 4) is 11.3 Å². The summed E-state index contributed by atoms with van der Waals surface area (Å²) in [6, 6.07) is 18.3. The number of nitrogens with one attached hydrogen (secondary N) is 1. The Morgan fingerprint density at radius 3 is 2.43 bits per heavy atom. The number of halogens is 1. The van der Waals surface area contributed by atoms with Crippen LogP contribution in [0.15, 0.2) is 65.5 Å². The molecule has 3 rings (SSSR count). The third kappa shape index (κ3) is 5.30. The molecule has 0 atom stereocenters. The third-order valence-corrected chi connectivity index (χ3v) is 4.68. The van der Waals surface area contributed by atoms with Crippen LogP contribution in [-0.2, 0) is 17.8 Å². The van der Waals surface area contributed by atoms with Crippen molar-refractivity contribution in [1.82, 2.24) is 9.78 Å². The van der Waals surface area contributed by atoms with Gasteiger partial charge in [-0.05, 0) is 48.7 Å². The van der Waals surface area contributed by atoms with Gasteiger partial charge in [-0.3, -0.25) is 9.59 Å². The van der Waals surface area contributed by atoms with Gasteiger partial charge in [-0.2, -0.15) is 5.10 Å². The molecule has 0 unspecified atom stereocenters. The fraction of sp³-hybridized carbons (Fsp3) is 0.227. The molecule has 0 bridgehead atoms. The van der Waals surface area contributed by atoms with Gasteiger partial charge in [-0.15, -0.1) is 0 Å². The van der Waals surface area contributed by atoms with Crippen LogP contribution in [0.5, 0.6) is 0 Å². The molecular formula is C22H22ClN3O2. The van der Waals surface area contributed by atoms with Crippen LogP contribution >= 0.6 is 11.6 Å². The van der Waals surface area contributed by atoms with E-state index >= 15 is 0 Å².